The highest BCUT2D eigenvalue weighted by Crippen LogP contribution is 2.38. The van der Waals surface area contributed by atoms with Crippen LogP contribution in [0.3, 0.4) is 0 Å². The van der Waals surface area contributed by atoms with E-state index in [0.29, 0.717) is 17.5 Å². The Kier molecular flexibility index (Phi) is 7.78. The van der Waals surface area contributed by atoms with Gasteiger partial charge in [0.2, 0.25) is 0 Å². The Bertz CT molecular complexity index is 3280. The molecule has 11 rings (SSSR count). The minimum atomic E-state index is 0.557. The quantitative estimate of drug-likeness (QED) is 0.171. The number of aromatic nitrogens is 3. The number of hydrogen-bond donors (Lipinski definition) is 0. The van der Waals surface area contributed by atoms with Gasteiger partial charge in [0.15, 0.2) is 17.5 Å². The third-order valence-corrected chi connectivity index (χ3v) is 10.9. The maximum Gasteiger partial charge on any atom is 0.167 e. The molecule has 9 aromatic carbocycles. The van der Waals surface area contributed by atoms with Crippen molar-refractivity contribution in [2.45, 2.75) is 0 Å². The Morgan fingerprint density at radius 1 is 0.281 bits per heavy atom. The first-order valence-corrected chi connectivity index (χ1v) is 19.2. The third kappa shape index (κ3) is 5.92. The van der Waals surface area contributed by atoms with Gasteiger partial charge in [0.25, 0.3) is 0 Å². The molecular weight excluding hydrogens is 695 g/mol. The van der Waals surface area contributed by atoms with E-state index in [1.807, 2.05) is 36.4 Å². The van der Waals surface area contributed by atoms with E-state index < -0.39 is 0 Å². The summed E-state index contributed by atoms with van der Waals surface area (Å²) >= 11 is 0. The number of rotatable bonds is 6. The first-order chi connectivity index (χ1) is 28.2. The van der Waals surface area contributed by atoms with Crippen molar-refractivity contribution < 1.29 is 4.42 Å². The predicted molar refractivity (Wildman–Crippen MR) is 235 cm³/mol. The molecule has 0 atom stereocenters. The molecule has 2 aromatic heterocycles. The van der Waals surface area contributed by atoms with Gasteiger partial charge in [0.05, 0.1) is 5.56 Å². The molecule has 0 saturated carbocycles. The van der Waals surface area contributed by atoms with Crippen molar-refractivity contribution >= 4 is 43.5 Å². The second-order valence-corrected chi connectivity index (χ2v) is 14.4. The van der Waals surface area contributed by atoms with Crippen LogP contribution in [0.2, 0.25) is 0 Å². The molecular formula is C53H33N3O. The molecule has 0 aliphatic rings. The van der Waals surface area contributed by atoms with Crippen molar-refractivity contribution in [2.24, 2.45) is 0 Å². The van der Waals surface area contributed by atoms with Crippen LogP contribution in [0.5, 0.6) is 0 Å². The molecule has 4 heteroatoms. The lowest BCUT2D eigenvalue weighted by Gasteiger charge is -2.13. The molecule has 0 bridgehead atoms. The molecule has 0 fully saturated rings. The fourth-order valence-corrected chi connectivity index (χ4v) is 8.02. The van der Waals surface area contributed by atoms with Gasteiger partial charge in [-0.3, -0.25) is 0 Å². The summed E-state index contributed by atoms with van der Waals surface area (Å²) < 4.78 is 6.51. The lowest BCUT2D eigenvalue weighted by atomic mass is 9.94. The molecule has 0 unspecified atom stereocenters. The van der Waals surface area contributed by atoms with E-state index in [9.17, 15) is 0 Å². The lowest BCUT2D eigenvalue weighted by molar-refractivity contribution is 0.669. The number of furan rings is 1. The highest BCUT2D eigenvalue weighted by molar-refractivity contribution is 6.09. The summed E-state index contributed by atoms with van der Waals surface area (Å²) in [6.45, 7) is 0. The van der Waals surface area contributed by atoms with Crippen molar-refractivity contribution in [2.75, 3.05) is 0 Å². The summed E-state index contributed by atoms with van der Waals surface area (Å²) in [6.07, 6.45) is 0. The third-order valence-electron chi connectivity index (χ3n) is 10.9. The van der Waals surface area contributed by atoms with Gasteiger partial charge in [-0.15, -0.1) is 0 Å². The van der Waals surface area contributed by atoms with Gasteiger partial charge in [-0.1, -0.05) is 164 Å². The molecule has 0 amide bonds. The molecule has 266 valence electrons. The molecule has 11 aromatic rings. The summed E-state index contributed by atoms with van der Waals surface area (Å²) in [6, 6.07) is 70.1. The monoisotopic (exact) mass is 727 g/mol. The van der Waals surface area contributed by atoms with Crippen LogP contribution in [-0.2, 0) is 0 Å². The lowest BCUT2D eigenvalue weighted by Crippen LogP contribution is -2.01. The van der Waals surface area contributed by atoms with Gasteiger partial charge in [-0.25, -0.2) is 15.0 Å². The van der Waals surface area contributed by atoms with E-state index in [-0.39, 0.29) is 0 Å². The Morgan fingerprint density at radius 3 is 1.58 bits per heavy atom. The van der Waals surface area contributed by atoms with Gasteiger partial charge in [-0.2, -0.15) is 0 Å². The van der Waals surface area contributed by atoms with Crippen molar-refractivity contribution in [3.63, 3.8) is 0 Å². The van der Waals surface area contributed by atoms with Crippen LogP contribution in [0.25, 0.3) is 111 Å². The zero-order chi connectivity index (χ0) is 37.7. The summed E-state index contributed by atoms with van der Waals surface area (Å²) in [5, 5.41) is 6.63. The maximum atomic E-state index is 6.51. The van der Waals surface area contributed by atoms with E-state index in [1.54, 1.807) is 0 Å². The fourth-order valence-electron chi connectivity index (χ4n) is 8.02. The van der Waals surface area contributed by atoms with Crippen LogP contribution in [0, 0.1) is 0 Å². The molecule has 57 heavy (non-hydrogen) atoms. The summed E-state index contributed by atoms with van der Waals surface area (Å²) in [4.78, 5) is 15.7. The summed E-state index contributed by atoms with van der Waals surface area (Å²) in [5.41, 5.74) is 11.2. The zero-order valence-corrected chi connectivity index (χ0v) is 30.8. The largest absolute Gasteiger partial charge is 0.455 e. The summed E-state index contributed by atoms with van der Waals surface area (Å²) in [7, 11) is 0. The molecule has 0 N–H and O–H groups in total. The van der Waals surface area contributed by atoms with Crippen LogP contribution in [-0.4, -0.2) is 15.0 Å². The molecule has 2 heterocycles. The highest BCUT2D eigenvalue weighted by atomic mass is 16.3. The van der Waals surface area contributed by atoms with E-state index >= 15 is 0 Å². The van der Waals surface area contributed by atoms with Crippen molar-refractivity contribution in [3.05, 3.63) is 200 Å². The van der Waals surface area contributed by atoms with Crippen LogP contribution in [0.4, 0.5) is 0 Å². The van der Waals surface area contributed by atoms with Gasteiger partial charge in [-0.05, 0) is 91.3 Å². The summed E-state index contributed by atoms with van der Waals surface area (Å²) in [5.74, 6) is 1.75. The predicted octanol–water partition coefficient (Wildman–Crippen LogP) is 14.1. The van der Waals surface area contributed by atoms with Gasteiger partial charge < -0.3 is 4.42 Å². The van der Waals surface area contributed by atoms with Crippen molar-refractivity contribution in [1.29, 1.82) is 0 Å². The minimum Gasteiger partial charge on any atom is -0.455 e. The fraction of sp³-hybridized carbons (Fsp3) is 0. The minimum absolute atomic E-state index is 0.557. The molecule has 0 aliphatic carbocycles. The van der Waals surface area contributed by atoms with Crippen molar-refractivity contribution in [3.8, 4) is 67.5 Å². The zero-order valence-electron chi connectivity index (χ0n) is 30.8. The Hall–Kier alpha value is -7.69. The molecule has 0 radical (unpaired) electrons. The topological polar surface area (TPSA) is 51.8 Å². The van der Waals surface area contributed by atoms with Gasteiger partial charge in [0.1, 0.15) is 11.2 Å². The van der Waals surface area contributed by atoms with E-state index in [1.165, 1.54) is 27.6 Å². The number of fused-ring (bicyclic) bond motifs is 5. The molecule has 0 saturated heterocycles. The second-order valence-electron chi connectivity index (χ2n) is 14.4. The Balaban J connectivity index is 1.10. The number of para-hydroxylation sites is 2. The average Bonchev–Trinajstić information content (AvgIpc) is 3.68. The van der Waals surface area contributed by atoms with Gasteiger partial charge >= 0.3 is 0 Å². The first-order valence-electron chi connectivity index (χ1n) is 19.2. The van der Waals surface area contributed by atoms with E-state index in [0.717, 1.165) is 65.9 Å². The highest BCUT2D eigenvalue weighted by Gasteiger charge is 2.19. The number of hydrogen-bond acceptors (Lipinski definition) is 4. The van der Waals surface area contributed by atoms with E-state index in [2.05, 4.69) is 164 Å². The molecule has 4 nitrogen and oxygen atoms in total. The molecule has 0 spiro atoms. The maximum absolute atomic E-state index is 6.51. The average molecular weight is 728 g/mol. The Morgan fingerprint density at radius 2 is 0.807 bits per heavy atom. The standard InChI is InChI=1S/C53H33N3O/c1-3-12-34(13-4-1)36-22-24-37(25-23-36)48-33-43(32-41-16-7-8-17-44(41)48)52-54-51(42-29-28-39-30-38(26-27-40(39)31-42)35-14-5-2-6-15-35)55-53(56-52)47-20-11-19-46-45-18-9-10-21-49(45)57-50(46)47/h1-33H. The normalized spacial score (nSPS) is 11.5. The smallest absolute Gasteiger partial charge is 0.167 e. The van der Waals surface area contributed by atoms with Crippen LogP contribution in [0.1, 0.15) is 0 Å². The number of nitrogens with zero attached hydrogens (tertiary/aromatic N) is 3. The van der Waals surface area contributed by atoms with E-state index in [4.69, 9.17) is 19.4 Å². The molecule has 0 aliphatic heterocycles. The van der Waals surface area contributed by atoms with Crippen molar-refractivity contribution in [1.82, 2.24) is 15.0 Å². The van der Waals surface area contributed by atoms with Gasteiger partial charge in [0, 0.05) is 21.9 Å². The van der Waals surface area contributed by atoms with Crippen LogP contribution in [0.15, 0.2) is 205 Å². The number of benzene rings is 9. The van der Waals surface area contributed by atoms with Crippen LogP contribution >= 0.6 is 0 Å². The SMILES string of the molecule is c1ccc(-c2ccc(-c3cc(-c4nc(-c5ccc6cc(-c7ccccc7)ccc6c5)nc(-c5cccc6c5oc5ccccc56)n4)cc4ccccc34)cc2)cc1. The first kappa shape index (κ1) is 32.7. The van der Waals surface area contributed by atoms with Crippen LogP contribution < -0.4 is 0 Å². The Labute approximate surface area is 329 Å². The second kappa shape index (κ2) is 13.6.